The number of carbonyl (C=O) groups excluding carboxylic acids is 1. The molecular formula is C16H17F2NO4S. The molecule has 2 aromatic rings. The van der Waals surface area contributed by atoms with Crippen molar-refractivity contribution in [1.29, 1.82) is 0 Å². The minimum absolute atomic E-state index is 0.132. The first kappa shape index (κ1) is 18.1. The second-order valence-corrected chi connectivity index (χ2v) is 7.24. The van der Waals surface area contributed by atoms with Crippen LogP contribution in [0.2, 0.25) is 0 Å². The Morgan fingerprint density at radius 3 is 2.42 bits per heavy atom. The highest BCUT2D eigenvalue weighted by Gasteiger charge is 2.26. The summed E-state index contributed by atoms with van der Waals surface area (Å²) >= 11 is 0. The van der Waals surface area contributed by atoms with Crippen LogP contribution in [0, 0.1) is 0 Å². The number of rotatable bonds is 7. The smallest absolute Gasteiger partial charge is 0.341 e. The summed E-state index contributed by atoms with van der Waals surface area (Å²) in [6, 6.07) is 7.93. The molecule has 8 heteroatoms. The van der Waals surface area contributed by atoms with Crippen LogP contribution in [0.25, 0.3) is 0 Å². The molecule has 1 N–H and O–H groups in total. The van der Waals surface area contributed by atoms with Crippen molar-refractivity contribution in [1.82, 2.24) is 5.32 Å². The van der Waals surface area contributed by atoms with E-state index >= 15 is 0 Å². The van der Waals surface area contributed by atoms with Crippen molar-refractivity contribution < 1.29 is 26.4 Å². The molecule has 1 amide bonds. The van der Waals surface area contributed by atoms with Gasteiger partial charge in [-0.25, -0.2) is 8.42 Å². The third-order valence-electron chi connectivity index (χ3n) is 3.46. The quantitative estimate of drug-likeness (QED) is 0.826. The van der Waals surface area contributed by atoms with E-state index < -0.39 is 26.4 Å². The Morgan fingerprint density at radius 2 is 1.88 bits per heavy atom. The van der Waals surface area contributed by atoms with Crippen LogP contribution in [0.1, 0.15) is 29.5 Å². The van der Waals surface area contributed by atoms with Crippen molar-refractivity contribution in [3.8, 4) is 0 Å². The molecule has 0 fully saturated rings. The number of amides is 1. The molecule has 0 radical (unpaired) electrons. The predicted molar refractivity (Wildman–Crippen MR) is 83.6 cm³/mol. The molecule has 130 valence electrons. The van der Waals surface area contributed by atoms with E-state index in [-0.39, 0.29) is 11.6 Å². The molecule has 1 atom stereocenters. The van der Waals surface area contributed by atoms with Gasteiger partial charge in [-0.3, -0.25) is 4.79 Å². The van der Waals surface area contributed by atoms with Gasteiger partial charge in [0.15, 0.2) is 0 Å². The predicted octanol–water partition coefficient (Wildman–Crippen LogP) is 3.03. The minimum Gasteiger partial charge on any atom is -0.469 e. The second-order valence-electron chi connectivity index (χ2n) is 5.32. The number of alkyl halides is 2. The van der Waals surface area contributed by atoms with Crippen LogP contribution in [-0.4, -0.2) is 26.1 Å². The number of furan rings is 1. The fraction of sp³-hybridized carbons (Fsp3) is 0.312. The molecule has 0 saturated carbocycles. The van der Waals surface area contributed by atoms with E-state index in [0.717, 1.165) is 17.9 Å². The van der Waals surface area contributed by atoms with Gasteiger partial charge in [0, 0.05) is 18.0 Å². The van der Waals surface area contributed by atoms with E-state index in [1.54, 1.807) is 12.3 Å². The number of hydrogen-bond donors (Lipinski definition) is 1. The van der Waals surface area contributed by atoms with Crippen molar-refractivity contribution in [3.63, 3.8) is 0 Å². The summed E-state index contributed by atoms with van der Waals surface area (Å²) in [5.41, 5.74) is 0.202. The lowest BCUT2D eigenvalue weighted by Crippen LogP contribution is -2.32. The lowest BCUT2D eigenvalue weighted by molar-refractivity contribution is 0.0938. The maximum atomic E-state index is 12.5. The molecule has 0 bridgehead atoms. The topological polar surface area (TPSA) is 76.4 Å². The Balaban J connectivity index is 1.95. The van der Waals surface area contributed by atoms with Crippen LogP contribution in [0.3, 0.4) is 0 Å². The van der Waals surface area contributed by atoms with Crippen LogP contribution < -0.4 is 5.32 Å². The van der Waals surface area contributed by atoms with Crippen LogP contribution >= 0.6 is 0 Å². The Labute approximate surface area is 138 Å². The molecule has 0 saturated heterocycles. The first-order valence-electron chi connectivity index (χ1n) is 7.26. The third kappa shape index (κ3) is 4.41. The van der Waals surface area contributed by atoms with Gasteiger partial charge in [-0.05, 0) is 49.7 Å². The third-order valence-corrected chi connectivity index (χ3v) is 4.86. The van der Waals surface area contributed by atoms with E-state index in [4.69, 9.17) is 4.42 Å². The average molecular weight is 357 g/mol. The van der Waals surface area contributed by atoms with Gasteiger partial charge in [0.05, 0.1) is 11.2 Å². The molecule has 5 nitrogen and oxygen atoms in total. The number of aryl methyl sites for hydroxylation is 1. The maximum Gasteiger partial charge on any atom is 0.341 e. The minimum atomic E-state index is -4.65. The van der Waals surface area contributed by atoms with Gasteiger partial charge in [0.2, 0.25) is 9.84 Å². The van der Waals surface area contributed by atoms with Gasteiger partial charge in [-0.15, -0.1) is 0 Å². The molecular weight excluding hydrogens is 340 g/mol. The lowest BCUT2D eigenvalue weighted by atomic mass is 10.1. The van der Waals surface area contributed by atoms with Gasteiger partial charge in [0.1, 0.15) is 5.76 Å². The summed E-state index contributed by atoms with van der Waals surface area (Å²) in [6.45, 7) is 1.83. The first-order valence-corrected chi connectivity index (χ1v) is 8.80. The lowest BCUT2D eigenvalue weighted by Gasteiger charge is -2.13. The molecule has 0 spiro atoms. The van der Waals surface area contributed by atoms with Crippen molar-refractivity contribution in [2.24, 2.45) is 0 Å². The molecule has 1 unspecified atom stereocenters. The summed E-state index contributed by atoms with van der Waals surface area (Å²) < 4.78 is 52.8. The molecule has 0 aliphatic heterocycles. The number of sulfone groups is 1. The molecule has 0 aliphatic rings. The summed E-state index contributed by atoms with van der Waals surface area (Å²) in [5.74, 6) is -3.07. The van der Waals surface area contributed by atoms with Gasteiger partial charge in [-0.1, -0.05) is 0 Å². The van der Waals surface area contributed by atoms with Crippen LogP contribution in [0.15, 0.2) is 52.0 Å². The molecule has 1 aromatic heterocycles. The molecule has 1 heterocycles. The Kier molecular flexibility index (Phi) is 5.71. The van der Waals surface area contributed by atoms with E-state index in [1.165, 1.54) is 12.1 Å². The van der Waals surface area contributed by atoms with E-state index in [1.807, 2.05) is 13.0 Å². The van der Waals surface area contributed by atoms with Crippen LogP contribution in [-0.2, 0) is 16.3 Å². The van der Waals surface area contributed by atoms with E-state index in [0.29, 0.717) is 12.8 Å². The fourth-order valence-corrected chi connectivity index (χ4v) is 2.81. The Morgan fingerprint density at radius 1 is 1.21 bits per heavy atom. The first-order chi connectivity index (χ1) is 11.3. The summed E-state index contributed by atoms with van der Waals surface area (Å²) in [5, 5.41) is 2.76. The summed E-state index contributed by atoms with van der Waals surface area (Å²) in [4.78, 5) is 11.6. The van der Waals surface area contributed by atoms with Gasteiger partial charge < -0.3 is 9.73 Å². The van der Waals surface area contributed by atoms with E-state index in [9.17, 15) is 22.0 Å². The van der Waals surface area contributed by atoms with Crippen molar-refractivity contribution >= 4 is 15.7 Å². The maximum absolute atomic E-state index is 12.5. The fourth-order valence-electron chi connectivity index (χ4n) is 2.09. The number of carbonyl (C=O) groups is 1. The average Bonchev–Trinajstić information content (AvgIpc) is 3.06. The highest BCUT2D eigenvalue weighted by molar-refractivity contribution is 7.91. The van der Waals surface area contributed by atoms with Crippen molar-refractivity contribution in [3.05, 3.63) is 54.0 Å². The number of hydrogen-bond acceptors (Lipinski definition) is 4. The summed E-state index contributed by atoms with van der Waals surface area (Å²) in [6.07, 6.45) is 2.91. The number of nitrogens with one attached hydrogen (secondary N) is 1. The zero-order valence-corrected chi connectivity index (χ0v) is 13.7. The normalized spacial score (nSPS) is 13.0. The second kappa shape index (κ2) is 7.57. The van der Waals surface area contributed by atoms with E-state index in [2.05, 4.69) is 5.32 Å². The number of halogens is 2. The number of benzene rings is 1. The van der Waals surface area contributed by atoms with Crippen LogP contribution in [0.5, 0.6) is 0 Å². The van der Waals surface area contributed by atoms with Crippen molar-refractivity contribution in [2.45, 2.75) is 36.5 Å². The molecule has 1 aromatic carbocycles. The standard InChI is InChI=1S/C16H17F2NO4S/c1-11(4-7-13-3-2-10-23-13)19-15(20)12-5-8-14(9-6-12)24(21,22)16(17)18/h2-3,5-6,8-11,16H,4,7H2,1H3,(H,19,20). The molecule has 2 rings (SSSR count). The molecule has 0 aliphatic carbocycles. The van der Waals surface area contributed by atoms with Crippen LogP contribution in [0.4, 0.5) is 8.78 Å². The van der Waals surface area contributed by atoms with Crippen molar-refractivity contribution in [2.75, 3.05) is 0 Å². The zero-order chi connectivity index (χ0) is 17.7. The zero-order valence-electron chi connectivity index (χ0n) is 12.9. The monoisotopic (exact) mass is 357 g/mol. The van der Waals surface area contributed by atoms with Gasteiger partial charge in [-0.2, -0.15) is 8.78 Å². The van der Waals surface area contributed by atoms with Gasteiger partial charge >= 0.3 is 5.76 Å². The SMILES string of the molecule is CC(CCc1ccco1)NC(=O)c1ccc(S(=O)(=O)C(F)F)cc1. The highest BCUT2D eigenvalue weighted by atomic mass is 32.2. The van der Waals surface area contributed by atoms with Gasteiger partial charge in [0.25, 0.3) is 5.91 Å². The highest BCUT2D eigenvalue weighted by Crippen LogP contribution is 2.18. The largest absolute Gasteiger partial charge is 0.469 e. The Bertz CT molecular complexity index is 771. The Hall–Kier alpha value is -2.22. The molecule has 24 heavy (non-hydrogen) atoms. The summed E-state index contributed by atoms with van der Waals surface area (Å²) in [7, 11) is -4.65.